The van der Waals surface area contributed by atoms with Gasteiger partial charge >= 0.3 is 0 Å². The van der Waals surface area contributed by atoms with E-state index >= 15 is 0 Å². The first-order valence-electron chi connectivity index (χ1n) is 4.57. The number of benzene rings is 1. The zero-order valence-electron chi connectivity index (χ0n) is 8.54. The molecule has 1 rings (SSSR count). The molecular weight excluding hydrogens is 156 g/mol. The third-order valence-electron chi connectivity index (χ3n) is 1.71. The van der Waals surface area contributed by atoms with Crippen LogP contribution in [0.4, 0.5) is 0 Å². The fraction of sp³-hybridized carbons (Fsp3) is 0.231. The Morgan fingerprint density at radius 1 is 1.00 bits per heavy atom. The van der Waals surface area contributed by atoms with Crippen LogP contribution in [0.1, 0.15) is 26.3 Å². The highest BCUT2D eigenvalue weighted by atomic mass is 13.9. The Bertz CT molecular complexity index is 311. The van der Waals surface area contributed by atoms with Crippen LogP contribution in [0.5, 0.6) is 0 Å². The Balaban J connectivity index is 2.83. The summed E-state index contributed by atoms with van der Waals surface area (Å²) in [6.45, 7) is 6.35. The maximum Gasteiger partial charge on any atom is -0.0254 e. The summed E-state index contributed by atoms with van der Waals surface area (Å²) in [5.41, 5.74) is 3.90. The first-order chi connectivity index (χ1) is 6.18. The standard InChI is InChI=1S/C13H16/c1-11(2)9-12(3)10-13-7-5-4-6-8-13/h4-10H,1-3H3. The Morgan fingerprint density at radius 3 is 2.15 bits per heavy atom. The Labute approximate surface area is 80.6 Å². The van der Waals surface area contributed by atoms with Gasteiger partial charge < -0.3 is 0 Å². The van der Waals surface area contributed by atoms with Crippen molar-refractivity contribution in [1.82, 2.24) is 0 Å². The van der Waals surface area contributed by atoms with Crippen LogP contribution in [0.25, 0.3) is 6.08 Å². The zero-order valence-corrected chi connectivity index (χ0v) is 8.54. The van der Waals surface area contributed by atoms with Crippen molar-refractivity contribution in [2.45, 2.75) is 20.8 Å². The predicted molar refractivity (Wildman–Crippen MR) is 59.5 cm³/mol. The Morgan fingerprint density at radius 2 is 1.62 bits per heavy atom. The number of hydrogen-bond donors (Lipinski definition) is 0. The molecule has 0 N–H and O–H groups in total. The molecule has 13 heavy (non-hydrogen) atoms. The van der Waals surface area contributed by atoms with Crippen molar-refractivity contribution in [2.75, 3.05) is 0 Å². The van der Waals surface area contributed by atoms with E-state index in [0.29, 0.717) is 0 Å². The van der Waals surface area contributed by atoms with Crippen molar-refractivity contribution in [1.29, 1.82) is 0 Å². The minimum absolute atomic E-state index is 1.26. The lowest BCUT2D eigenvalue weighted by molar-refractivity contribution is 1.36. The monoisotopic (exact) mass is 172 g/mol. The first kappa shape index (κ1) is 9.79. The molecule has 0 atom stereocenters. The second-order valence-corrected chi connectivity index (χ2v) is 3.52. The SMILES string of the molecule is CC(C)=CC(C)=Cc1ccccc1. The zero-order chi connectivity index (χ0) is 9.68. The van der Waals surface area contributed by atoms with Gasteiger partial charge in [-0.15, -0.1) is 0 Å². The lowest BCUT2D eigenvalue weighted by Gasteiger charge is -1.95. The first-order valence-corrected chi connectivity index (χ1v) is 4.57. The van der Waals surface area contributed by atoms with E-state index in [9.17, 15) is 0 Å². The van der Waals surface area contributed by atoms with Gasteiger partial charge in [-0.1, -0.05) is 53.6 Å². The summed E-state index contributed by atoms with van der Waals surface area (Å²) in [6.07, 6.45) is 4.38. The summed E-state index contributed by atoms with van der Waals surface area (Å²) in [5.74, 6) is 0. The molecule has 0 heterocycles. The highest BCUT2D eigenvalue weighted by Crippen LogP contribution is 2.08. The molecule has 0 spiro atoms. The summed E-state index contributed by atoms with van der Waals surface area (Å²) < 4.78 is 0. The van der Waals surface area contributed by atoms with Crippen LogP contribution in [0, 0.1) is 0 Å². The highest BCUT2D eigenvalue weighted by Gasteiger charge is 1.86. The summed E-state index contributed by atoms with van der Waals surface area (Å²) in [5, 5.41) is 0. The molecule has 1 aromatic carbocycles. The number of allylic oxidation sites excluding steroid dienone is 3. The van der Waals surface area contributed by atoms with Gasteiger partial charge in [0.05, 0.1) is 0 Å². The minimum Gasteiger partial charge on any atom is -0.0762 e. The van der Waals surface area contributed by atoms with Gasteiger partial charge in [-0.05, 0) is 26.3 Å². The van der Waals surface area contributed by atoms with Crippen LogP contribution in [-0.2, 0) is 0 Å². The second-order valence-electron chi connectivity index (χ2n) is 3.52. The van der Waals surface area contributed by atoms with E-state index in [2.05, 4.69) is 57.2 Å². The second kappa shape index (κ2) is 4.66. The van der Waals surface area contributed by atoms with Crippen molar-refractivity contribution < 1.29 is 0 Å². The van der Waals surface area contributed by atoms with Gasteiger partial charge in [0.25, 0.3) is 0 Å². The molecule has 0 aliphatic heterocycles. The third kappa shape index (κ3) is 3.75. The van der Waals surface area contributed by atoms with Crippen LogP contribution in [-0.4, -0.2) is 0 Å². The predicted octanol–water partition coefficient (Wildman–Crippen LogP) is 4.06. The van der Waals surface area contributed by atoms with E-state index in [1.165, 1.54) is 16.7 Å². The molecule has 0 aliphatic carbocycles. The molecule has 0 amide bonds. The van der Waals surface area contributed by atoms with E-state index in [1.54, 1.807) is 0 Å². The average molecular weight is 172 g/mol. The summed E-state index contributed by atoms with van der Waals surface area (Å²) in [4.78, 5) is 0. The third-order valence-corrected chi connectivity index (χ3v) is 1.71. The van der Waals surface area contributed by atoms with Crippen LogP contribution in [0.3, 0.4) is 0 Å². The van der Waals surface area contributed by atoms with Gasteiger partial charge in [-0.25, -0.2) is 0 Å². The van der Waals surface area contributed by atoms with Gasteiger partial charge in [0.1, 0.15) is 0 Å². The molecule has 0 bridgehead atoms. The average Bonchev–Trinajstić information content (AvgIpc) is 2.04. The van der Waals surface area contributed by atoms with Crippen LogP contribution in [0.2, 0.25) is 0 Å². The van der Waals surface area contributed by atoms with Gasteiger partial charge in [-0.3, -0.25) is 0 Å². The van der Waals surface area contributed by atoms with E-state index in [-0.39, 0.29) is 0 Å². The van der Waals surface area contributed by atoms with E-state index in [1.807, 2.05) is 6.07 Å². The maximum atomic E-state index is 2.19. The molecule has 68 valence electrons. The minimum atomic E-state index is 1.26. The van der Waals surface area contributed by atoms with Crippen LogP contribution in [0.15, 0.2) is 47.6 Å². The quantitative estimate of drug-likeness (QED) is 0.590. The molecule has 0 saturated heterocycles. The van der Waals surface area contributed by atoms with Crippen LogP contribution < -0.4 is 0 Å². The molecule has 0 fully saturated rings. The summed E-state index contributed by atoms with van der Waals surface area (Å²) in [6, 6.07) is 10.4. The Hall–Kier alpha value is -1.30. The Kier molecular flexibility index (Phi) is 3.51. The maximum absolute atomic E-state index is 2.19. The smallest absolute Gasteiger partial charge is 0.0254 e. The molecule has 0 unspecified atom stereocenters. The van der Waals surface area contributed by atoms with Gasteiger partial charge in [0.2, 0.25) is 0 Å². The molecule has 0 aromatic heterocycles. The van der Waals surface area contributed by atoms with Gasteiger partial charge in [0.15, 0.2) is 0 Å². The lowest BCUT2D eigenvalue weighted by Crippen LogP contribution is -1.74. The lowest BCUT2D eigenvalue weighted by atomic mass is 10.1. The van der Waals surface area contributed by atoms with Gasteiger partial charge in [-0.2, -0.15) is 0 Å². The fourth-order valence-electron chi connectivity index (χ4n) is 1.31. The van der Waals surface area contributed by atoms with E-state index in [0.717, 1.165) is 0 Å². The molecular formula is C13H16. The topological polar surface area (TPSA) is 0 Å². The number of hydrogen-bond acceptors (Lipinski definition) is 0. The van der Waals surface area contributed by atoms with E-state index < -0.39 is 0 Å². The number of rotatable bonds is 2. The largest absolute Gasteiger partial charge is 0.0762 e. The molecule has 0 saturated carbocycles. The summed E-state index contributed by atoms with van der Waals surface area (Å²) >= 11 is 0. The van der Waals surface area contributed by atoms with E-state index in [4.69, 9.17) is 0 Å². The summed E-state index contributed by atoms with van der Waals surface area (Å²) in [7, 11) is 0. The van der Waals surface area contributed by atoms with Crippen molar-refractivity contribution in [2.24, 2.45) is 0 Å². The molecule has 0 radical (unpaired) electrons. The highest BCUT2D eigenvalue weighted by molar-refractivity contribution is 5.55. The normalized spacial score (nSPS) is 11.2. The molecule has 0 nitrogen and oxygen atoms in total. The van der Waals surface area contributed by atoms with Gasteiger partial charge in [0, 0.05) is 0 Å². The fourth-order valence-corrected chi connectivity index (χ4v) is 1.31. The molecule has 0 aliphatic rings. The van der Waals surface area contributed by atoms with Crippen molar-refractivity contribution in [3.63, 3.8) is 0 Å². The molecule has 1 aromatic rings. The van der Waals surface area contributed by atoms with Crippen LogP contribution >= 0.6 is 0 Å². The molecule has 0 heteroatoms. The van der Waals surface area contributed by atoms with Crippen molar-refractivity contribution in [3.8, 4) is 0 Å². The van der Waals surface area contributed by atoms with Crippen molar-refractivity contribution >= 4 is 6.08 Å². The van der Waals surface area contributed by atoms with Crippen molar-refractivity contribution in [3.05, 3.63) is 53.1 Å².